The van der Waals surface area contributed by atoms with E-state index in [1.807, 2.05) is 0 Å². The number of amides is 2. The number of nitrogens with one attached hydrogen (secondary N) is 2. The van der Waals surface area contributed by atoms with Crippen LogP contribution in [-0.4, -0.2) is 11.5 Å². The summed E-state index contributed by atoms with van der Waals surface area (Å²) in [4.78, 5) is 11.7. The zero-order valence-corrected chi connectivity index (χ0v) is 14.1. The van der Waals surface area contributed by atoms with Crippen LogP contribution in [-0.2, 0) is 6.18 Å². The third-order valence-corrected chi connectivity index (χ3v) is 3.94. The van der Waals surface area contributed by atoms with Gasteiger partial charge in [-0.1, -0.05) is 11.6 Å². The largest absolute Gasteiger partial charge is 0.446 e. The summed E-state index contributed by atoms with van der Waals surface area (Å²) in [5, 5.41) is 3.97. The molecule has 0 spiro atoms. The lowest BCUT2D eigenvalue weighted by molar-refractivity contribution is -0.137. The molecule has 0 aliphatic carbocycles. The van der Waals surface area contributed by atoms with E-state index in [4.69, 9.17) is 11.6 Å². The van der Waals surface area contributed by atoms with Gasteiger partial charge in [-0.15, -0.1) is 0 Å². The SMILES string of the molecule is O=C(Nc1ccc(SC(F)(F)F)cc1)Nc1ccc(Cl)c(C(F)(F)F)c1. The van der Waals surface area contributed by atoms with Crippen molar-refractivity contribution in [2.75, 3.05) is 10.6 Å². The first-order valence-electron chi connectivity index (χ1n) is 6.74. The summed E-state index contributed by atoms with van der Waals surface area (Å²) in [6.45, 7) is 0. The van der Waals surface area contributed by atoms with Gasteiger partial charge in [0.15, 0.2) is 0 Å². The van der Waals surface area contributed by atoms with E-state index in [1.54, 1.807) is 0 Å². The molecule has 2 amide bonds. The van der Waals surface area contributed by atoms with E-state index in [2.05, 4.69) is 10.6 Å². The molecule has 0 bridgehead atoms. The minimum atomic E-state index is -4.68. The Kier molecular flexibility index (Phi) is 5.97. The quantitative estimate of drug-likeness (QED) is 0.438. The van der Waals surface area contributed by atoms with Crippen molar-refractivity contribution in [2.24, 2.45) is 0 Å². The summed E-state index contributed by atoms with van der Waals surface area (Å²) >= 11 is 5.17. The van der Waals surface area contributed by atoms with Gasteiger partial charge in [-0.05, 0) is 54.2 Å². The zero-order chi connectivity index (χ0) is 19.5. The summed E-state index contributed by atoms with van der Waals surface area (Å²) in [6.07, 6.45) is -4.68. The molecule has 0 aliphatic rings. The zero-order valence-electron chi connectivity index (χ0n) is 12.5. The molecule has 0 atom stereocenters. The number of hydrogen-bond acceptors (Lipinski definition) is 2. The molecule has 0 unspecified atom stereocenters. The number of anilines is 2. The minimum Gasteiger partial charge on any atom is -0.308 e. The van der Waals surface area contributed by atoms with Gasteiger partial charge in [-0.25, -0.2) is 4.79 Å². The van der Waals surface area contributed by atoms with Crippen LogP contribution in [0.15, 0.2) is 47.4 Å². The van der Waals surface area contributed by atoms with Crippen LogP contribution in [0.4, 0.5) is 42.5 Å². The smallest absolute Gasteiger partial charge is 0.308 e. The van der Waals surface area contributed by atoms with Gasteiger partial charge < -0.3 is 10.6 Å². The Morgan fingerprint density at radius 1 is 0.885 bits per heavy atom. The number of alkyl halides is 6. The molecule has 0 aliphatic heterocycles. The number of thioether (sulfide) groups is 1. The van der Waals surface area contributed by atoms with Crippen molar-refractivity contribution in [1.29, 1.82) is 0 Å². The average Bonchev–Trinajstić information content (AvgIpc) is 2.48. The Balaban J connectivity index is 2.03. The normalized spacial score (nSPS) is 12.0. The van der Waals surface area contributed by atoms with E-state index >= 15 is 0 Å². The van der Waals surface area contributed by atoms with Crippen LogP contribution in [0.1, 0.15) is 5.56 Å². The average molecular weight is 415 g/mol. The first kappa shape index (κ1) is 20.2. The lowest BCUT2D eigenvalue weighted by Gasteiger charge is -2.12. The summed E-state index contributed by atoms with van der Waals surface area (Å²) in [5.74, 6) is 0. The van der Waals surface area contributed by atoms with Crippen LogP contribution >= 0.6 is 23.4 Å². The topological polar surface area (TPSA) is 41.1 Å². The first-order chi connectivity index (χ1) is 11.9. The molecule has 3 nitrogen and oxygen atoms in total. The molecule has 2 aromatic carbocycles. The highest BCUT2D eigenvalue weighted by Crippen LogP contribution is 2.37. The molecular weight excluding hydrogens is 406 g/mol. The number of halogens is 7. The fraction of sp³-hybridized carbons (Fsp3) is 0.133. The lowest BCUT2D eigenvalue weighted by atomic mass is 10.2. The van der Waals surface area contributed by atoms with Gasteiger partial charge in [0.05, 0.1) is 10.6 Å². The van der Waals surface area contributed by atoms with Gasteiger partial charge in [0, 0.05) is 16.3 Å². The van der Waals surface area contributed by atoms with Gasteiger partial charge >= 0.3 is 17.7 Å². The molecule has 2 aromatic rings. The molecule has 11 heteroatoms. The number of urea groups is 1. The monoisotopic (exact) mass is 414 g/mol. The molecule has 0 fully saturated rings. The molecule has 0 radical (unpaired) electrons. The van der Waals surface area contributed by atoms with Crippen molar-refractivity contribution in [3.63, 3.8) is 0 Å². The van der Waals surface area contributed by atoms with Crippen molar-refractivity contribution in [3.05, 3.63) is 53.1 Å². The van der Waals surface area contributed by atoms with Crippen LogP contribution in [0.2, 0.25) is 5.02 Å². The summed E-state index contributed by atoms with van der Waals surface area (Å²) in [7, 11) is 0. The van der Waals surface area contributed by atoms with Crippen LogP contribution in [0.5, 0.6) is 0 Å². The predicted octanol–water partition coefficient (Wildman–Crippen LogP) is 6.61. The number of carbonyl (C=O) groups excluding carboxylic acids is 1. The Bertz CT molecular complexity index is 792. The first-order valence-corrected chi connectivity index (χ1v) is 7.94. The van der Waals surface area contributed by atoms with E-state index < -0.39 is 28.3 Å². The summed E-state index contributed by atoms with van der Waals surface area (Å²) < 4.78 is 75.0. The maximum absolute atomic E-state index is 12.8. The van der Waals surface area contributed by atoms with Gasteiger partial charge in [-0.2, -0.15) is 26.3 Å². The predicted molar refractivity (Wildman–Crippen MR) is 87.4 cm³/mol. The Morgan fingerprint density at radius 2 is 1.42 bits per heavy atom. The third-order valence-electron chi connectivity index (χ3n) is 2.88. The summed E-state index contributed by atoms with van der Waals surface area (Å²) in [6, 6.07) is 6.74. The highest BCUT2D eigenvalue weighted by molar-refractivity contribution is 8.00. The highest BCUT2D eigenvalue weighted by atomic mass is 35.5. The second kappa shape index (κ2) is 7.67. The lowest BCUT2D eigenvalue weighted by Crippen LogP contribution is -2.19. The maximum Gasteiger partial charge on any atom is 0.446 e. The Labute approximate surface area is 152 Å². The molecule has 0 heterocycles. The number of benzene rings is 2. The van der Waals surface area contributed by atoms with E-state index in [-0.39, 0.29) is 28.0 Å². The van der Waals surface area contributed by atoms with Crippen molar-refractivity contribution < 1.29 is 31.1 Å². The minimum absolute atomic E-state index is 0.0732. The van der Waals surface area contributed by atoms with Crippen molar-refractivity contribution in [2.45, 2.75) is 16.6 Å². The van der Waals surface area contributed by atoms with Gasteiger partial charge in [0.25, 0.3) is 0 Å². The van der Waals surface area contributed by atoms with Gasteiger partial charge in [-0.3, -0.25) is 0 Å². The molecule has 2 N–H and O–H groups in total. The number of hydrogen-bond donors (Lipinski definition) is 2. The molecular formula is C15H9ClF6N2OS. The standard InChI is InChI=1S/C15H9ClF6N2OS/c16-12-6-3-9(7-11(12)14(17,18)19)24-13(25)23-8-1-4-10(5-2-8)26-15(20,21)22/h1-7H,(H2,23,24,25). The second-order valence-electron chi connectivity index (χ2n) is 4.84. The Morgan fingerprint density at radius 3 is 1.96 bits per heavy atom. The van der Waals surface area contributed by atoms with Crippen LogP contribution in [0.25, 0.3) is 0 Å². The van der Waals surface area contributed by atoms with E-state index in [0.717, 1.165) is 18.2 Å². The number of carbonyl (C=O) groups is 1. The highest BCUT2D eigenvalue weighted by Gasteiger charge is 2.33. The third kappa shape index (κ3) is 6.03. The van der Waals surface area contributed by atoms with Crippen molar-refractivity contribution in [1.82, 2.24) is 0 Å². The van der Waals surface area contributed by atoms with Crippen LogP contribution in [0.3, 0.4) is 0 Å². The van der Waals surface area contributed by atoms with Crippen molar-refractivity contribution in [3.8, 4) is 0 Å². The van der Waals surface area contributed by atoms with Crippen LogP contribution < -0.4 is 10.6 Å². The molecule has 0 aromatic heterocycles. The molecule has 26 heavy (non-hydrogen) atoms. The summed E-state index contributed by atoms with van der Waals surface area (Å²) in [5.41, 5.74) is -5.52. The van der Waals surface area contributed by atoms with E-state index in [9.17, 15) is 31.1 Å². The maximum atomic E-state index is 12.8. The fourth-order valence-corrected chi connectivity index (χ4v) is 2.62. The molecule has 0 saturated carbocycles. The van der Waals surface area contributed by atoms with E-state index in [0.29, 0.717) is 6.07 Å². The molecule has 140 valence electrons. The van der Waals surface area contributed by atoms with Crippen molar-refractivity contribution >= 4 is 40.8 Å². The second-order valence-corrected chi connectivity index (χ2v) is 6.39. The molecule has 2 rings (SSSR count). The van der Waals surface area contributed by atoms with E-state index in [1.165, 1.54) is 18.2 Å². The van der Waals surface area contributed by atoms with Crippen LogP contribution in [0, 0.1) is 0 Å². The Hall–Kier alpha value is -2.07. The number of rotatable bonds is 3. The van der Waals surface area contributed by atoms with Gasteiger partial charge in [0.1, 0.15) is 0 Å². The molecule has 0 saturated heterocycles. The van der Waals surface area contributed by atoms with Gasteiger partial charge in [0.2, 0.25) is 0 Å². The fourth-order valence-electron chi connectivity index (χ4n) is 1.85.